The van der Waals surface area contributed by atoms with Gasteiger partial charge in [0.15, 0.2) is 0 Å². The number of piperidine rings is 1. The molecule has 5 rings (SSSR count). The lowest BCUT2D eigenvalue weighted by atomic mass is 9.97. The fourth-order valence-corrected chi connectivity index (χ4v) is 7.17. The summed E-state index contributed by atoms with van der Waals surface area (Å²) >= 11 is 1.74. The van der Waals surface area contributed by atoms with Crippen molar-refractivity contribution in [2.75, 3.05) is 23.9 Å². The van der Waals surface area contributed by atoms with Crippen LogP contribution in [0.3, 0.4) is 0 Å². The molecule has 2 heterocycles. The molecular formula is C27H27N3O3S2. The van der Waals surface area contributed by atoms with E-state index in [0.29, 0.717) is 36.8 Å². The van der Waals surface area contributed by atoms with Crippen LogP contribution < -0.4 is 4.31 Å². The van der Waals surface area contributed by atoms with Gasteiger partial charge in [-0.3, -0.25) is 9.10 Å². The lowest BCUT2D eigenvalue weighted by Crippen LogP contribution is -2.38. The van der Waals surface area contributed by atoms with Gasteiger partial charge in [-0.2, -0.15) is 0 Å². The number of benzene rings is 3. The molecule has 1 aliphatic rings. The van der Waals surface area contributed by atoms with E-state index < -0.39 is 10.0 Å². The van der Waals surface area contributed by atoms with Gasteiger partial charge in [-0.15, -0.1) is 11.3 Å². The van der Waals surface area contributed by atoms with Crippen LogP contribution in [0.1, 0.15) is 41.0 Å². The third-order valence-corrected chi connectivity index (χ3v) is 9.58. The topological polar surface area (TPSA) is 70.6 Å². The number of hydrogen-bond donors (Lipinski definition) is 0. The van der Waals surface area contributed by atoms with Crippen molar-refractivity contribution < 1.29 is 13.2 Å². The molecule has 1 aromatic heterocycles. The lowest BCUT2D eigenvalue weighted by molar-refractivity contribution is 0.0713. The Balaban J connectivity index is 1.26. The van der Waals surface area contributed by atoms with Gasteiger partial charge < -0.3 is 4.90 Å². The third-order valence-electron chi connectivity index (χ3n) is 6.46. The highest BCUT2D eigenvalue weighted by molar-refractivity contribution is 7.92. The van der Waals surface area contributed by atoms with Gasteiger partial charge in [0.1, 0.15) is 0 Å². The third kappa shape index (κ3) is 4.68. The summed E-state index contributed by atoms with van der Waals surface area (Å²) in [5.74, 6) is 0.300. The van der Waals surface area contributed by atoms with E-state index in [2.05, 4.69) is 6.07 Å². The van der Waals surface area contributed by atoms with Crippen LogP contribution in [-0.2, 0) is 10.0 Å². The van der Waals surface area contributed by atoms with E-state index in [-0.39, 0.29) is 10.8 Å². The van der Waals surface area contributed by atoms with E-state index in [1.807, 2.05) is 41.3 Å². The van der Waals surface area contributed by atoms with Crippen molar-refractivity contribution in [2.24, 2.45) is 0 Å². The Morgan fingerprint density at radius 2 is 1.63 bits per heavy atom. The molecule has 35 heavy (non-hydrogen) atoms. The summed E-state index contributed by atoms with van der Waals surface area (Å²) in [6, 6.07) is 23.5. The van der Waals surface area contributed by atoms with Crippen molar-refractivity contribution in [1.82, 2.24) is 9.88 Å². The average molecular weight is 506 g/mol. The number of carbonyl (C=O) groups excluding carboxylic acids is 1. The number of sulfonamides is 1. The predicted molar refractivity (Wildman–Crippen MR) is 141 cm³/mol. The van der Waals surface area contributed by atoms with Gasteiger partial charge >= 0.3 is 0 Å². The largest absolute Gasteiger partial charge is 0.339 e. The van der Waals surface area contributed by atoms with Gasteiger partial charge in [0.05, 0.1) is 25.8 Å². The second-order valence-corrected chi connectivity index (χ2v) is 11.5. The lowest BCUT2D eigenvalue weighted by Gasteiger charge is -2.31. The second kappa shape index (κ2) is 9.79. The van der Waals surface area contributed by atoms with Gasteiger partial charge in [0, 0.05) is 31.1 Å². The quantitative estimate of drug-likeness (QED) is 0.345. The van der Waals surface area contributed by atoms with E-state index in [1.165, 1.54) is 21.1 Å². The van der Waals surface area contributed by atoms with Gasteiger partial charge in [-0.05, 0) is 68.3 Å². The zero-order chi connectivity index (χ0) is 24.4. The Morgan fingerprint density at radius 1 is 0.971 bits per heavy atom. The number of nitrogens with zero attached hydrogens (tertiary/aromatic N) is 3. The molecule has 3 aromatic carbocycles. The number of fused-ring (bicyclic) bond motifs is 1. The Bertz CT molecular complexity index is 1390. The van der Waals surface area contributed by atoms with Crippen LogP contribution in [0.5, 0.6) is 0 Å². The van der Waals surface area contributed by atoms with Crippen molar-refractivity contribution in [1.29, 1.82) is 0 Å². The molecular weight excluding hydrogens is 478 g/mol. The first-order valence-electron chi connectivity index (χ1n) is 11.8. The Kier molecular flexibility index (Phi) is 6.58. The van der Waals surface area contributed by atoms with E-state index in [4.69, 9.17) is 4.98 Å². The standard InChI is InChI=1S/C27H27N3O3S2/c1-2-30(22-8-4-3-5-9-22)35(32,33)23-14-12-21(13-15-23)27(31)29-18-16-20(17-19-29)26-28-24-10-6-7-11-25(24)34-26/h3-15,20H,2,16-19H2,1H3. The maximum absolute atomic E-state index is 13.2. The number of amides is 1. The number of rotatable bonds is 6. The fourth-order valence-electron chi connectivity index (χ4n) is 4.56. The zero-order valence-corrected chi connectivity index (χ0v) is 21.1. The normalized spacial score (nSPS) is 14.8. The van der Waals surface area contributed by atoms with Crippen LogP contribution in [-0.4, -0.2) is 43.8 Å². The van der Waals surface area contributed by atoms with Crippen LogP contribution in [0.4, 0.5) is 5.69 Å². The minimum atomic E-state index is -3.72. The van der Waals surface area contributed by atoms with Crippen molar-refractivity contribution in [3.63, 3.8) is 0 Å². The minimum Gasteiger partial charge on any atom is -0.339 e. The molecule has 1 aliphatic heterocycles. The summed E-state index contributed by atoms with van der Waals surface area (Å²) in [5.41, 5.74) is 2.16. The van der Waals surface area contributed by atoms with E-state index in [9.17, 15) is 13.2 Å². The smallest absolute Gasteiger partial charge is 0.264 e. The molecule has 4 aromatic rings. The molecule has 0 saturated carbocycles. The number of anilines is 1. The first kappa shape index (κ1) is 23.5. The van der Waals surface area contributed by atoms with Gasteiger partial charge in [-0.1, -0.05) is 30.3 Å². The second-order valence-electron chi connectivity index (χ2n) is 8.62. The highest BCUT2D eigenvalue weighted by atomic mass is 32.2. The van der Waals surface area contributed by atoms with Crippen molar-refractivity contribution >= 4 is 43.2 Å². The molecule has 8 heteroatoms. The first-order chi connectivity index (χ1) is 17.0. The Hall–Kier alpha value is -3.23. The highest BCUT2D eigenvalue weighted by Crippen LogP contribution is 2.34. The Morgan fingerprint density at radius 3 is 2.29 bits per heavy atom. The van der Waals surface area contributed by atoms with Gasteiger partial charge in [-0.25, -0.2) is 13.4 Å². The van der Waals surface area contributed by atoms with Crippen LogP contribution in [0.25, 0.3) is 10.2 Å². The molecule has 0 N–H and O–H groups in total. The number of carbonyl (C=O) groups is 1. The molecule has 180 valence electrons. The summed E-state index contributed by atoms with van der Waals surface area (Å²) in [5, 5.41) is 1.15. The molecule has 1 fully saturated rings. The summed E-state index contributed by atoms with van der Waals surface area (Å²) in [4.78, 5) is 19.9. The SMILES string of the molecule is CCN(c1ccccc1)S(=O)(=O)c1ccc(C(=O)N2CCC(c3nc4ccccc4s3)CC2)cc1. The fraction of sp³-hybridized carbons (Fsp3) is 0.259. The van der Waals surface area contributed by atoms with E-state index >= 15 is 0 Å². The number of aromatic nitrogens is 1. The summed E-state index contributed by atoms with van der Waals surface area (Å²) in [6.45, 7) is 3.45. The maximum atomic E-state index is 13.2. The number of likely N-dealkylation sites (tertiary alicyclic amines) is 1. The number of para-hydroxylation sites is 2. The van der Waals surface area contributed by atoms with Crippen LogP contribution >= 0.6 is 11.3 Å². The van der Waals surface area contributed by atoms with Crippen LogP contribution in [0, 0.1) is 0 Å². The zero-order valence-electron chi connectivity index (χ0n) is 19.5. The van der Waals surface area contributed by atoms with Crippen LogP contribution in [0.2, 0.25) is 0 Å². The summed E-state index contributed by atoms with van der Waals surface area (Å²) in [6.07, 6.45) is 1.75. The highest BCUT2D eigenvalue weighted by Gasteiger charge is 2.28. The maximum Gasteiger partial charge on any atom is 0.264 e. The van der Waals surface area contributed by atoms with E-state index in [0.717, 1.165) is 23.4 Å². The summed E-state index contributed by atoms with van der Waals surface area (Å²) < 4.78 is 29.0. The van der Waals surface area contributed by atoms with Gasteiger partial charge in [0.2, 0.25) is 0 Å². The van der Waals surface area contributed by atoms with Crippen molar-refractivity contribution in [3.05, 3.63) is 89.4 Å². The minimum absolute atomic E-state index is 0.0629. The molecule has 0 radical (unpaired) electrons. The average Bonchev–Trinajstić information content (AvgIpc) is 3.34. The molecule has 0 spiro atoms. The summed E-state index contributed by atoms with van der Waals surface area (Å²) in [7, 11) is -3.72. The first-order valence-corrected chi connectivity index (χ1v) is 14.1. The van der Waals surface area contributed by atoms with Gasteiger partial charge in [0.25, 0.3) is 15.9 Å². The Labute approximate surface area is 209 Å². The van der Waals surface area contributed by atoms with Crippen molar-refractivity contribution in [3.8, 4) is 0 Å². The molecule has 0 unspecified atom stereocenters. The molecule has 1 saturated heterocycles. The molecule has 6 nitrogen and oxygen atoms in total. The van der Waals surface area contributed by atoms with Crippen LogP contribution in [0.15, 0.2) is 83.8 Å². The van der Waals surface area contributed by atoms with Crippen molar-refractivity contribution in [2.45, 2.75) is 30.6 Å². The molecule has 1 amide bonds. The molecule has 0 aliphatic carbocycles. The number of hydrogen-bond acceptors (Lipinski definition) is 5. The number of thiazole rings is 1. The monoisotopic (exact) mass is 505 g/mol. The predicted octanol–water partition coefficient (Wildman–Crippen LogP) is 5.53. The molecule has 0 bridgehead atoms. The molecule has 0 atom stereocenters. The van der Waals surface area contributed by atoms with E-state index in [1.54, 1.807) is 42.5 Å².